The molecule has 9 nitrogen and oxygen atoms in total. The van der Waals surface area contributed by atoms with Crippen LogP contribution in [0.4, 0.5) is 0 Å². The van der Waals surface area contributed by atoms with Crippen LogP contribution in [-0.4, -0.2) is 34.3 Å². The number of carboxylic acids is 1. The number of nitrogens with zero attached hydrogens (tertiary/aromatic N) is 3. The van der Waals surface area contributed by atoms with Gasteiger partial charge in [0.25, 0.3) is 0 Å². The summed E-state index contributed by atoms with van der Waals surface area (Å²) in [5, 5.41) is 12.7. The first kappa shape index (κ1) is 14.2. The largest absolute Gasteiger partial charge is 0.475 e. The second kappa shape index (κ2) is 5.06. The quantitative estimate of drug-likeness (QED) is 0.788. The Morgan fingerprint density at radius 3 is 2.75 bits per heavy atom. The monoisotopic (exact) mass is 300 g/mol. The molecule has 0 aliphatic heterocycles. The van der Waals surface area contributed by atoms with E-state index in [0.717, 1.165) is 6.07 Å². The van der Waals surface area contributed by atoms with E-state index < -0.39 is 21.8 Å². The van der Waals surface area contributed by atoms with E-state index in [2.05, 4.69) is 14.8 Å². The van der Waals surface area contributed by atoms with E-state index in [0.29, 0.717) is 5.82 Å². The highest BCUT2D eigenvalue weighted by molar-refractivity contribution is 7.89. The van der Waals surface area contributed by atoms with Crippen molar-refractivity contribution < 1.29 is 22.7 Å². The van der Waals surface area contributed by atoms with Crippen LogP contribution in [0.3, 0.4) is 0 Å². The maximum atomic E-state index is 12.0. The molecule has 2 aromatic rings. The molecule has 20 heavy (non-hydrogen) atoms. The fourth-order valence-corrected chi connectivity index (χ4v) is 2.70. The molecule has 0 spiro atoms. The Labute approximate surface area is 114 Å². The van der Waals surface area contributed by atoms with Gasteiger partial charge in [0.2, 0.25) is 15.8 Å². The molecule has 0 saturated carbocycles. The van der Waals surface area contributed by atoms with Crippen molar-refractivity contribution in [2.75, 3.05) is 0 Å². The van der Waals surface area contributed by atoms with Gasteiger partial charge in [-0.05, 0) is 6.92 Å². The number of furan rings is 1. The molecule has 0 fully saturated rings. The maximum absolute atomic E-state index is 12.0. The van der Waals surface area contributed by atoms with Gasteiger partial charge in [0.15, 0.2) is 5.82 Å². The fourth-order valence-electron chi connectivity index (χ4n) is 1.54. The molecule has 0 atom stereocenters. The first-order valence-electron chi connectivity index (χ1n) is 5.47. The molecule has 10 heteroatoms. The van der Waals surface area contributed by atoms with Crippen LogP contribution < -0.4 is 4.72 Å². The van der Waals surface area contributed by atoms with Crippen LogP contribution in [0.15, 0.2) is 21.7 Å². The van der Waals surface area contributed by atoms with Crippen molar-refractivity contribution >= 4 is 16.0 Å². The number of aromatic carboxylic acids is 1. The Hall–Kier alpha value is -2.20. The Bertz CT molecular complexity index is 746. The highest BCUT2D eigenvalue weighted by atomic mass is 32.2. The lowest BCUT2D eigenvalue weighted by Gasteiger charge is -2.02. The van der Waals surface area contributed by atoms with Crippen molar-refractivity contribution in [1.82, 2.24) is 19.5 Å². The van der Waals surface area contributed by atoms with Gasteiger partial charge in [-0.2, -0.15) is 5.10 Å². The van der Waals surface area contributed by atoms with Crippen LogP contribution in [0.1, 0.15) is 22.1 Å². The third kappa shape index (κ3) is 2.86. The Kier molecular flexibility index (Phi) is 3.59. The third-order valence-corrected chi connectivity index (χ3v) is 3.95. The first-order chi connectivity index (χ1) is 9.29. The van der Waals surface area contributed by atoms with Gasteiger partial charge >= 0.3 is 5.97 Å². The van der Waals surface area contributed by atoms with E-state index >= 15 is 0 Å². The molecule has 0 saturated heterocycles. The molecule has 0 bridgehead atoms. The molecule has 0 aliphatic carbocycles. The number of carbonyl (C=O) groups is 1. The molecule has 0 radical (unpaired) electrons. The zero-order chi connectivity index (χ0) is 14.9. The molecular weight excluding hydrogens is 288 g/mol. The molecule has 0 unspecified atom stereocenters. The molecule has 2 rings (SSSR count). The molecular formula is C10H12N4O5S. The summed E-state index contributed by atoms with van der Waals surface area (Å²) < 4.78 is 32.7. The van der Waals surface area contributed by atoms with Gasteiger partial charge < -0.3 is 9.52 Å². The number of carboxylic acid groups (broad SMARTS) is 1. The molecule has 2 N–H and O–H groups in total. The minimum atomic E-state index is -3.89. The van der Waals surface area contributed by atoms with E-state index in [-0.39, 0.29) is 17.2 Å². The predicted octanol–water partition coefficient (Wildman–Crippen LogP) is -0.107. The molecule has 0 aliphatic rings. The first-order valence-corrected chi connectivity index (χ1v) is 6.96. The van der Waals surface area contributed by atoms with Crippen LogP contribution in [0.2, 0.25) is 0 Å². The molecule has 108 valence electrons. The summed E-state index contributed by atoms with van der Waals surface area (Å²) in [5.74, 6) is -1.46. The fraction of sp³-hybridized carbons (Fsp3) is 0.300. The number of aromatic nitrogens is 3. The number of aryl methyl sites for hydroxylation is 2. The topological polar surface area (TPSA) is 127 Å². The SMILES string of the molecule is Cc1oc(C(=O)O)cc1S(=O)(=O)NCc1ncn(C)n1. The van der Waals surface area contributed by atoms with Gasteiger partial charge in [-0.3, -0.25) is 4.68 Å². The predicted molar refractivity (Wildman–Crippen MR) is 65.4 cm³/mol. The number of rotatable bonds is 5. The molecule has 0 amide bonds. The van der Waals surface area contributed by atoms with Crippen molar-refractivity contribution in [3.8, 4) is 0 Å². The van der Waals surface area contributed by atoms with E-state index in [1.807, 2.05) is 0 Å². The van der Waals surface area contributed by atoms with E-state index in [9.17, 15) is 13.2 Å². The number of nitrogens with one attached hydrogen (secondary N) is 1. The third-order valence-electron chi connectivity index (χ3n) is 2.44. The van der Waals surface area contributed by atoms with Crippen molar-refractivity contribution in [1.29, 1.82) is 0 Å². The Morgan fingerprint density at radius 2 is 2.25 bits per heavy atom. The smallest absolute Gasteiger partial charge is 0.371 e. The lowest BCUT2D eigenvalue weighted by molar-refractivity contribution is 0.0661. The summed E-state index contributed by atoms with van der Waals surface area (Å²) in [4.78, 5) is 14.4. The summed E-state index contributed by atoms with van der Waals surface area (Å²) in [6, 6.07) is 0.964. The van der Waals surface area contributed by atoms with E-state index in [4.69, 9.17) is 9.52 Å². The van der Waals surface area contributed by atoms with Crippen molar-refractivity contribution in [2.24, 2.45) is 7.05 Å². The molecule has 2 aromatic heterocycles. The zero-order valence-electron chi connectivity index (χ0n) is 10.7. The van der Waals surface area contributed by atoms with Gasteiger partial charge in [-0.15, -0.1) is 0 Å². The van der Waals surface area contributed by atoms with Crippen LogP contribution in [0, 0.1) is 6.92 Å². The van der Waals surface area contributed by atoms with Crippen LogP contribution >= 0.6 is 0 Å². The average Bonchev–Trinajstić information content (AvgIpc) is 2.93. The molecule has 2 heterocycles. The van der Waals surface area contributed by atoms with Crippen LogP contribution in [0.25, 0.3) is 0 Å². The van der Waals surface area contributed by atoms with E-state index in [1.165, 1.54) is 17.9 Å². The highest BCUT2D eigenvalue weighted by Gasteiger charge is 2.23. The standard InChI is InChI=1S/C10H12N4O5S/c1-6-8(3-7(19-6)10(15)16)20(17,18)12-4-9-11-5-14(2)13-9/h3,5,12H,4H2,1-2H3,(H,15,16). The second-order valence-electron chi connectivity index (χ2n) is 4.00. The van der Waals surface area contributed by atoms with Gasteiger partial charge in [0.05, 0.1) is 6.54 Å². The average molecular weight is 300 g/mol. The highest BCUT2D eigenvalue weighted by Crippen LogP contribution is 2.19. The Morgan fingerprint density at radius 1 is 1.55 bits per heavy atom. The minimum absolute atomic E-state index is 0.00359. The van der Waals surface area contributed by atoms with Gasteiger partial charge in [-0.25, -0.2) is 22.9 Å². The van der Waals surface area contributed by atoms with Crippen LogP contribution in [0.5, 0.6) is 0 Å². The summed E-state index contributed by atoms with van der Waals surface area (Å²) in [7, 11) is -2.23. The normalized spacial score (nSPS) is 11.7. The summed E-state index contributed by atoms with van der Waals surface area (Å²) in [6.07, 6.45) is 1.44. The maximum Gasteiger partial charge on any atom is 0.371 e. The molecule has 0 aromatic carbocycles. The summed E-state index contributed by atoms with van der Waals surface area (Å²) >= 11 is 0. The second-order valence-corrected chi connectivity index (χ2v) is 5.73. The Balaban J connectivity index is 2.20. The number of sulfonamides is 1. The van der Waals surface area contributed by atoms with Gasteiger partial charge in [0, 0.05) is 13.1 Å². The van der Waals surface area contributed by atoms with Crippen molar-refractivity contribution in [2.45, 2.75) is 18.4 Å². The number of hydrogen-bond donors (Lipinski definition) is 2. The number of hydrogen-bond acceptors (Lipinski definition) is 6. The van der Waals surface area contributed by atoms with Gasteiger partial charge in [0.1, 0.15) is 17.0 Å². The zero-order valence-corrected chi connectivity index (χ0v) is 11.5. The van der Waals surface area contributed by atoms with Gasteiger partial charge in [-0.1, -0.05) is 0 Å². The minimum Gasteiger partial charge on any atom is -0.475 e. The lowest BCUT2D eigenvalue weighted by Crippen LogP contribution is -2.24. The van der Waals surface area contributed by atoms with E-state index in [1.54, 1.807) is 7.05 Å². The van der Waals surface area contributed by atoms with Crippen molar-refractivity contribution in [3.05, 3.63) is 29.7 Å². The van der Waals surface area contributed by atoms with Crippen LogP contribution in [-0.2, 0) is 23.6 Å². The summed E-state index contributed by atoms with van der Waals surface area (Å²) in [6.45, 7) is 1.27. The van der Waals surface area contributed by atoms with Crippen molar-refractivity contribution in [3.63, 3.8) is 0 Å². The summed E-state index contributed by atoms with van der Waals surface area (Å²) in [5.41, 5.74) is 0. The lowest BCUT2D eigenvalue weighted by atomic mass is 10.4.